The number of phenolic OH excluding ortho intramolecular Hbond substituents is 4. The van der Waals surface area contributed by atoms with Crippen molar-refractivity contribution in [3.8, 4) is 23.0 Å². The molecule has 0 atom stereocenters. The van der Waals surface area contributed by atoms with Crippen molar-refractivity contribution in [1.82, 2.24) is 0 Å². The highest BCUT2D eigenvalue weighted by Gasteiger charge is 2.20. The Morgan fingerprint density at radius 2 is 1.33 bits per heavy atom. The third-order valence-electron chi connectivity index (χ3n) is 2.91. The monoisotopic (exact) mass is 288 g/mol. The predicted octanol–water partition coefficient (Wildman–Crippen LogP) is 1.50. The van der Waals surface area contributed by atoms with Gasteiger partial charge >= 0.3 is 0 Å². The van der Waals surface area contributed by atoms with Crippen molar-refractivity contribution in [1.29, 1.82) is 0 Å². The number of hydrogen-bond donors (Lipinski definition) is 4. The molecule has 21 heavy (non-hydrogen) atoms. The fourth-order valence-electron chi connectivity index (χ4n) is 1.82. The smallest absolute Gasteiger partial charge is 0.228 e. The fraction of sp³-hybridized carbons (Fsp3) is 0.0667. The molecule has 2 aromatic rings. The quantitative estimate of drug-likeness (QED) is 0.500. The molecule has 108 valence electrons. The average molecular weight is 288 g/mol. The second kappa shape index (κ2) is 5.54. The lowest BCUT2D eigenvalue weighted by Gasteiger charge is -2.07. The Labute approximate surface area is 119 Å². The zero-order chi connectivity index (χ0) is 15.6. The Balaban J connectivity index is 2.22. The second-order valence-corrected chi connectivity index (χ2v) is 4.44. The topological polar surface area (TPSA) is 115 Å². The van der Waals surface area contributed by atoms with Gasteiger partial charge in [-0.25, -0.2) is 0 Å². The Bertz CT molecular complexity index is 680. The summed E-state index contributed by atoms with van der Waals surface area (Å²) in [7, 11) is 0. The van der Waals surface area contributed by atoms with Gasteiger partial charge in [0.2, 0.25) is 11.6 Å². The van der Waals surface area contributed by atoms with E-state index in [2.05, 4.69) is 0 Å². The van der Waals surface area contributed by atoms with Gasteiger partial charge in [-0.2, -0.15) is 0 Å². The lowest BCUT2D eigenvalue weighted by Crippen LogP contribution is -2.16. The lowest BCUT2D eigenvalue weighted by atomic mass is 10.00. The van der Waals surface area contributed by atoms with Crippen molar-refractivity contribution < 1.29 is 30.0 Å². The predicted molar refractivity (Wildman–Crippen MR) is 72.6 cm³/mol. The van der Waals surface area contributed by atoms with Gasteiger partial charge in [0.15, 0.2) is 0 Å². The van der Waals surface area contributed by atoms with Crippen LogP contribution in [0.1, 0.15) is 15.9 Å². The number of carbonyl (C=O) groups excluding carboxylic acids is 2. The molecule has 0 aliphatic heterocycles. The first-order chi connectivity index (χ1) is 9.88. The van der Waals surface area contributed by atoms with E-state index in [9.17, 15) is 24.9 Å². The van der Waals surface area contributed by atoms with Gasteiger partial charge in [-0.3, -0.25) is 9.59 Å². The minimum atomic E-state index is -0.836. The van der Waals surface area contributed by atoms with Crippen LogP contribution in [0.3, 0.4) is 0 Å². The summed E-state index contributed by atoms with van der Waals surface area (Å²) in [5.74, 6) is -2.98. The summed E-state index contributed by atoms with van der Waals surface area (Å²) in [6.45, 7) is 0. The number of hydrogen-bond acceptors (Lipinski definition) is 6. The maximum Gasteiger partial charge on any atom is 0.228 e. The molecule has 0 bridgehead atoms. The molecule has 2 aromatic carbocycles. The summed E-state index contributed by atoms with van der Waals surface area (Å²) >= 11 is 0. The third-order valence-corrected chi connectivity index (χ3v) is 2.91. The van der Waals surface area contributed by atoms with Crippen LogP contribution < -0.4 is 0 Å². The summed E-state index contributed by atoms with van der Waals surface area (Å²) in [6.07, 6.45) is -0.502. The van der Waals surface area contributed by atoms with E-state index in [1.165, 1.54) is 24.3 Å². The van der Waals surface area contributed by atoms with Crippen molar-refractivity contribution in [2.24, 2.45) is 0 Å². The van der Waals surface area contributed by atoms with E-state index >= 15 is 0 Å². The number of aromatic hydroxyl groups is 4. The van der Waals surface area contributed by atoms with E-state index in [0.717, 1.165) is 12.1 Å². The van der Waals surface area contributed by atoms with Gasteiger partial charge in [-0.05, 0) is 24.3 Å². The van der Waals surface area contributed by atoms with Crippen molar-refractivity contribution in [2.45, 2.75) is 6.42 Å². The maximum atomic E-state index is 11.9. The lowest BCUT2D eigenvalue weighted by molar-refractivity contribution is -0.114. The molecular weight excluding hydrogens is 276 g/mol. The zero-order valence-corrected chi connectivity index (χ0v) is 10.8. The van der Waals surface area contributed by atoms with Crippen LogP contribution in [0.25, 0.3) is 0 Å². The van der Waals surface area contributed by atoms with Gasteiger partial charge in [-0.15, -0.1) is 0 Å². The number of Topliss-reactive ketones (excluding diaryl/α,β-unsaturated/α-hetero) is 2. The summed E-state index contributed by atoms with van der Waals surface area (Å²) in [5, 5.41) is 37.5. The molecule has 6 heteroatoms. The van der Waals surface area contributed by atoms with Gasteiger partial charge < -0.3 is 20.4 Å². The minimum Gasteiger partial charge on any atom is -0.508 e. The molecule has 0 radical (unpaired) electrons. The van der Waals surface area contributed by atoms with Gasteiger partial charge in [0.25, 0.3) is 0 Å². The molecule has 0 aliphatic rings. The summed E-state index contributed by atoms with van der Waals surface area (Å²) in [6, 6.07) is 7.07. The van der Waals surface area contributed by atoms with E-state index in [1.807, 2.05) is 0 Å². The average Bonchev–Trinajstić information content (AvgIpc) is 2.42. The molecule has 0 heterocycles. The van der Waals surface area contributed by atoms with Gasteiger partial charge in [-0.1, -0.05) is 0 Å². The van der Waals surface area contributed by atoms with E-state index in [0.29, 0.717) is 0 Å². The van der Waals surface area contributed by atoms with Crippen molar-refractivity contribution in [3.63, 3.8) is 0 Å². The number of carbonyl (C=O) groups is 2. The second-order valence-electron chi connectivity index (χ2n) is 4.44. The summed E-state index contributed by atoms with van der Waals surface area (Å²) < 4.78 is 0. The largest absolute Gasteiger partial charge is 0.508 e. The van der Waals surface area contributed by atoms with Crippen LogP contribution in [0.4, 0.5) is 0 Å². The van der Waals surface area contributed by atoms with E-state index in [-0.39, 0.29) is 22.6 Å². The molecule has 4 N–H and O–H groups in total. The Hall–Kier alpha value is -3.02. The van der Waals surface area contributed by atoms with Crippen LogP contribution in [-0.2, 0) is 11.2 Å². The Morgan fingerprint density at radius 3 is 1.86 bits per heavy atom. The van der Waals surface area contributed by atoms with E-state index in [4.69, 9.17) is 5.11 Å². The van der Waals surface area contributed by atoms with Crippen LogP contribution in [0.2, 0.25) is 0 Å². The minimum absolute atomic E-state index is 0.0344. The van der Waals surface area contributed by atoms with Crippen LogP contribution in [0.15, 0.2) is 36.4 Å². The van der Waals surface area contributed by atoms with Crippen LogP contribution in [0, 0.1) is 0 Å². The molecule has 0 amide bonds. The number of phenols is 4. The molecule has 0 saturated heterocycles. The highest BCUT2D eigenvalue weighted by molar-refractivity contribution is 6.44. The third kappa shape index (κ3) is 3.11. The number of rotatable bonds is 4. The van der Waals surface area contributed by atoms with Gasteiger partial charge in [0.05, 0.1) is 0 Å². The molecule has 0 aliphatic carbocycles. The molecule has 0 aromatic heterocycles. The zero-order valence-electron chi connectivity index (χ0n) is 10.8. The number of ketones is 2. The SMILES string of the molecule is O=C(Cc1c(O)cc(O)cc1O)C(=O)c1ccc(O)cc1. The molecular formula is C15H12O6. The molecule has 0 fully saturated rings. The van der Waals surface area contributed by atoms with Crippen LogP contribution in [-0.4, -0.2) is 32.0 Å². The van der Waals surface area contributed by atoms with E-state index < -0.39 is 29.5 Å². The first-order valence-corrected chi connectivity index (χ1v) is 5.99. The molecule has 2 rings (SSSR count). The van der Waals surface area contributed by atoms with Crippen molar-refractivity contribution in [3.05, 3.63) is 47.5 Å². The van der Waals surface area contributed by atoms with Crippen molar-refractivity contribution in [2.75, 3.05) is 0 Å². The number of benzene rings is 2. The maximum absolute atomic E-state index is 11.9. The Morgan fingerprint density at radius 1 is 0.810 bits per heavy atom. The standard InChI is InChI=1S/C15H12O6/c16-9-3-1-8(2-4-9)15(21)14(20)7-11-12(18)5-10(17)6-13(11)19/h1-6,16-19H,7H2. The molecule has 0 unspecified atom stereocenters. The van der Waals surface area contributed by atoms with Gasteiger partial charge in [0.1, 0.15) is 23.0 Å². The molecule has 0 spiro atoms. The Kier molecular flexibility index (Phi) is 3.80. The normalized spacial score (nSPS) is 10.3. The van der Waals surface area contributed by atoms with Crippen LogP contribution >= 0.6 is 0 Å². The summed E-state index contributed by atoms with van der Waals surface area (Å²) in [4.78, 5) is 23.8. The van der Waals surface area contributed by atoms with Gasteiger partial charge in [0, 0.05) is 29.7 Å². The van der Waals surface area contributed by atoms with Crippen molar-refractivity contribution >= 4 is 11.6 Å². The highest BCUT2D eigenvalue weighted by atomic mass is 16.3. The highest BCUT2D eigenvalue weighted by Crippen LogP contribution is 2.32. The first-order valence-electron chi connectivity index (χ1n) is 5.99. The summed E-state index contributed by atoms with van der Waals surface area (Å²) in [5.41, 5.74) is -0.0412. The van der Waals surface area contributed by atoms with E-state index in [1.54, 1.807) is 0 Å². The fourth-order valence-corrected chi connectivity index (χ4v) is 1.82. The molecule has 0 saturated carbocycles. The van der Waals surface area contributed by atoms with Crippen LogP contribution in [0.5, 0.6) is 23.0 Å². The molecule has 6 nitrogen and oxygen atoms in total. The first kappa shape index (κ1) is 14.4.